The summed E-state index contributed by atoms with van der Waals surface area (Å²) in [6.07, 6.45) is 1.10. The number of rotatable bonds is 3. The highest BCUT2D eigenvalue weighted by Gasteiger charge is 2.34. The van der Waals surface area contributed by atoms with Crippen LogP contribution in [0.1, 0.15) is 27.2 Å². The van der Waals surface area contributed by atoms with E-state index in [1.54, 1.807) is 0 Å². The molecule has 0 N–H and O–H groups in total. The molecule has 0 spiro atoms. The van der Waals surface area contributed by atoms with Gasteiger partial charge in [0.15, 0.2) is 0 Å². The quantitative estimate of drug-likeness (QED) is 0.628. The molecular weight excluding hydrogens is 168 g/mol. The number of esters is 1. The predicted octanol–water partition coefficient (Wildman–Crippen LogP) is 1.61. The van der Waals surface area contributed by atoms with Crippen molar-refractivity contribution in [1.29, 1.82) is 0 Å². The molecule has 0 radical (unpaired) electrons. The van der Waals surface area contributed by atoms with Crippen molar-refractivity contribution in [3.63, 3.8) is 0 Å². The monoisotopic (exact) mass is 186 g/mol. The third-order valence-electron chi connectivity index (χ3n) is 2.60. The van der Waals surface area contributed by atoms with Crippen LogP contribution in [-0.2, 0) is 14.3 Å². The first-order chi connectivity index (χ1) is 6.16. The van der Waals surface area contributed by atoms with Gasteiger partial charge in [0, 0.05) is 6.61 Å². The third-order valence-corrected chi connectivity index (χ3v) is 2.60. The highest BCUT2D eigenvalue weighted by atomic mass is 16.5. The van der Waals surface area contributed by atoms with Gasteiger partial charge in [0.05, 0.1) is 18.6 Å². The molecule has 1 heterocycles. The lowest BCUT2D eigenvalue weighted by Gasteiger charge is -2.20. The molecule has 0 saturated carbocycles. The van der Waals surface area contributed by atoms with Crippen molar-refractivity contribution in [2.75, 3.05) is 13.2 Å². The van der Waals surface area contributed by atoms with Crippen LogP contribution in [0.4, 0.5) is 0 Å². The minimum absolute atomic E-state index is 0.0547. The number of carbonyl (C=O) groups excluding carboxylic acids is 1. The molecule has 1 aliphatic heterocycles. The van der Waals surface area contributed by atoms with E-state index in [0.29, 0.717) is 12.5 Å². The number of hydrogen-bond donors (Lipinski definition) is 0. The van der Waals surface area contributed by atoms with Crippen LogP contribution in [0.25, 0.3) is 0 Å². The van der Waals surface area contributed by atoms with Gasteiger partial charge in [-0.1, -0.05) is 6.92 Å². The summed E-state index contributed by atoms with van der Waals surface area (Å²) in [5, 5.41) is 0. The number of carbonyl (C=O) groups is 1. The summed E-state index contributed by atoms with van der Waals surface area (Å²) >= 11 is 0. The average molecular weight is 186 g/mol. The smallest absolute Gasteiger partial charge is 0.311 e. The van der Waals surface area contributed by atoms with Crippen molar-refractivity contribution in [3.8, 4) is 0 Å². The Morgan fingerprint density at radius 3 is 2.85 bits per heavy atom. The Hall–Kier alpha value is -0.570. The molecule has 1 aliphatic rings. The Labute approximate surface area is 79.4 Å². The van der Waals surface area contributed by atoms with Crippen LogP contribution in [0.15, 0.2) is 0 Å². The third kappa shape index (κ3) is 2.44. The van der Waals surface area contributed by atoms with Crippen molar-refractivity contribution in [3.05, 3.63) is 0 Å². The van der Waals surface area contributed by atoms with Gasteiger partial charge < -0.3 is 9.47 Å². The lowest BCUT2D eigenvalue weighted by Crippen LogP contribution is -2.30. The largest absolute Gasteiger partial charge is 0.466 e. The van der Waals surface area contributed by atoms with E-state index in [1.165, 1.54) is 0 Å². The van der Waals surface area contributed by atoms with Crippen molar-refractivity contribution < 1.29 is 14.3 Å². The van der Waals surface area contributed by atoms with Crippen LogP contribution in [0.5, 0.6) is 0 Å². The summed E-state index contributed by atoms with van der Waals surface area (Å²) in [6, 6.07) is 0. The molecule has 0 unspecified atom stereocenters. The molecule has 0 aromatic heterocycles. The van der Waals surface area contributed by atoms with Crippen LogP contribution < -0.4 is 0 Å². The topological polar surface area (TPSA) is 35.5 Å². The molecule has 0 amide bonds. The maximum Gasteiger partial charge on any atom is 0.311 e. The molecule has 3 heteroatoms. The Morgan fingerprint density at radius 1 is 1.69 bits per heavy atom. The van der Waals surface area contributed by atoms with E-state index in [1.807, 2.05) is 13.8 Å². The van der Waals surface area contributed by atoms with Crippen LogP contribution in [0.2, 0.25) is 0 Å². The van der Waals surface area contributed by atoms with Gasteiger partial charge in [-0.05, 0) is 26.2 Å². The van der Waals surface area contributed by atoms with Crippen molar-refractivity contribution in [2.45, 2.75) is 33.3 Å². The molecular formula is C10H18O3. The van der Waals surface area contributed by atoms with Gasteiger partial charge in [0.1, 0.15) is 0 Å². The maximum atomic E-state index is 11.4. The molecule has 3 atom stereocenters. The van der Waals surface area contributed by atoms with E-state index in [2.05, 4.69) is 6.92 Å². The molecule has 0 aromatic rings. The van der Waals surface area contributed by atoms with E-state index in [-0.39, 0.29) is 18.0 Å². The first-order valence-corrected chi connectivity index (χ1v) is 4.95. The molecule has 1 rings (SSSR count). The molecule has 1 fully saturated rings. The zero-order valence-corrected chi connectivity index (χ0v) is 8.58. The first-order valence-electron chi connectivity index (χ1n) is 4.95. The Morgan fingerprint density at radius 2 is 2.38 bits per heavy atom. The molecule has 76 valence electrons. The summed E-state index contributed by atoms with van der Waals surface area (Å²) in [6.45, 7) is 7.04. The van der Waals surface area contributed by atoms with Crippen LogP contribution in [0.3, 0.4) is 0 Å². The highest BCUT2D eigenvalue weighted by molar-refractivity contribution is 5.72. The molecule has 1 saturated heterocycles. The van der Waals surface area contributed by atoms with Gasteiger partial charge in [-0.25, -0.2) is 0 Å². The van der Waals surface area contributed by atoms with Gasteiger partial charge in [0.25, 0.3) is 0 Å². The van der Waals surface area contributed by atoms with Crippen molar-refractivity contribution in [2.24, 2.45) is 11.8 Å². The SMILES string of the molecule is CCOC(=O)[C@H](C)[C@H]1OCC[C@@H]1C. The summed E-state index contributed by atoms with van der Waals surface area (Å²) in [7, 11) is 0. The van der Waals surface area contributed by atoms with Crippen LogP contribution in [-0.4, -0.2) is 25.3 Å². The normalized spacial score (nSPS) is 30.1. The molecule has 3 nitrogen and oxygen atoms in total. The minimum atomic E-state index is -0.138. The fourth-order valence-electron chi connectivity index (χ4n) is 1.76. The van der Waals surface area contributed by atoms with Gasteiger partial charge >= 0.3 is 5.97 Å². The Balaban J connectivity index is 2.45. The highest BCUT2D eigenvalue weighted by Crippen LogP contribution is 2.26. The lowest BCUT2D eigenvalue weighted by atomic mass is 9.93. The summed E-state index contributed by atoms with van der Waals surface area (Å²) in [5.74, 6) is 0.207. The van der Waals surface area contributed by atoms with Crippen LogP contribution >= 0.6 is 0 Å². The van der Waals surface area contributed by atoms with Gasteiger partial charge in [-0.2, -0.15) is 0 Å². The minimum Gasteiger partial charge on any atom is -0.466 e. The van der Waals surface area contributed by atoms with E-state index < -0.39 is 0 Å². The zero-order valence-electron chi connectivity index (χ0n) is 8.58. The average Bonchev–Trinajstić information content (AvgIpc) is 2.50. The van der Waals surface area contributed by atoms with E-state index in [4.69, 9.17) is 9.47 Å². The summed E-state index contributed by atoms with van der Waals surface area (Å²) < 4.78 is 10.4. The summed E-state index contributed by atoms with van der Waals surface area (Å²) in [5.41, 5.74) is 0. The predicted molar refractivity (Wildman–Crippen MR) is 49.3 cm³/mol. The second kappa shape index (κ2) is 4.61. The van der Waals surface area contributed by atoms with Gasteiger partial charge in [0.2, 0.25) is 0 Å². The Bertz CT molecular complexity index is 179. The number of hydrogen-bond acceptors (Lipinski definition) is 3. The second-order valence-electron chi connectivity index (χ2n) is 3.64. The van der Waals surface area contributed by atoms with Gasteiger partial charge in [-0.15, -0.1) is 0 Å². The molecule has 0 bridgehead atoms. The fraction of sp³-hybridized carbons (Fsp3) is 0.900. The Kier molecular flexibility index (Phi) is 3.72. The molecule has 0 aliphatic carbocycles. The molecule has 13 heavy (non-hydrogen) atoms. The van der Waals surface area contributed by atoms with E-state index >= 15 is 0 Å². The van der Waals surface area contributed by atoms with Gasteiger partial charge in [-0.3, -0.25) is 4.79 Å². The van der Waals surface area contributed by atoms with E-state index in [9.17, 15) is 4.79 Å². The zero-order chi connectivity index (χ0) is 9.84. The second-order valence-corrected chi connectivity index (χ2v) is 3.64. The number of ether oxygens (including phenoxy) is 2. The van der Waals surface area contributed by atoms with Crippen LogP contribution in [0, 0.1) is 11.8 Å². The van der Waals surface area contributed by atoms with E-state index in [0.717, 1.165) is 13.0 Å². The fourth-order valence-corrected chi connectivity index (χ4v) is 1.76. The maximum absolute atomic E-state index is 11.4. The standard InChI is InChI=1S/C10H18O3/c1-4-12-10(11)8(3)9-7(2)5-6-13-9/h7-9H,4-6H2,1-3H3/t7-,8+,9-/m0/s1. The summed E-state index contributed by atoms with van der Waals surface area (Å²) in [4.78, 5) is 11.4. The lowest BCUT2D eigenvalue weighted by molar-refractivity contribution is -0.152. The molecule has 0 aromatic carbocycles. The van der Waals surface area contributed by atoms with Crippen molar-refractivity contribution in [1.82, 2.24) is 0 Å². The van der Waals surface area contributed by atoms with Crippen molar-refractivity contribution >= 4 is 5.97 Å². The first kappa shape index (κ1) is 10.5.